The zero-order valence-corrected chi connectivity index (χ0v) is 15.1. The van der Waals surface area contributed by atoms with Crippen molar-refractivity contribution in [2.45, 2.75) is 0 Å². The number of aromatic nitrogens is 1. The summed E-state index contributed by atoms with van der Waals surface area (Å²) >= 11 is 0. The maximum absolute atomic E-state index is 12.2. The number of para-hydroxylation sites is 1. The van der Waals surface area contributed by atoms with Crippen molar-refractivity contribution in [3.05, 3.63) is 103 Å². The molecule has 5 nitrogen and oxygen atoms in total. The van der Waals surface area contributed by atoms with Crippen molar-refractivity contribution in [2.75, 3.05) is 10.6 Å². The minimum atomic E-state index is -0.301. The summed E-state index contributed by atoms with van der Waals surface area (Å²) in [7, 11) is 0. The van der Waals surface area contributed by atoms with Gasteiger partial charge >= 0.3 is 6.03 Å². The van der Waals surface area contributed by atoms with E-state index in [1.54, 1.807) is 12.1 Å². The van der Waals surface area contributed by atoms with Crippen LogP contribution in [-0.2, 0) is 0 Å². The summed E-state index contributed by atoms with van der Waals surface area (Å²) in [5, 5.41) is 5.64. The molecule has 0 aliphatic heterocycles. The van der Waals surface area contributed by atoms with Gasteiger partial charge in [0.15, 0.2) is 0 Å². The molecule has 0 fully saturated rings. The van der Waals surface area contributed by atoms with E-state index in [4.69, 9.17) is 4.74 Å². The molecule has 0 atom stereocenters. The number of urea groups is 1. The summed E-state index contributed by atoms with van der Waals surface area (Å²) in [5.41, 5.74) is 2.43. The Bertz CT molecular complexity index is 1030. The van der Waals surface area contributed by atoms with Crippen LogP contribution in [0.1, 0.15) is 0 Å². The van der Waals surface area contributed by atoms with E-state index >= 15 is 0 Å². The Hall–Kier alpha value is -3.99. The molecular weight excluding hydrogens is 350 g/mol. The predicted molar refractivity (Wildman–Crippen MR) is 111 cm³/mol. The summed E-state index contributed by atoms with van der Waals surface area (Å²) in [6.45, 7) is 0. The lowest BCUT2D eigenvalue weighted by Gasteiger charge is -2.10. The number of nitrogens with one attached hydrogen (secondary N) is 2. The van der Waals surface area contributed by atoms with E-state index in [9.17, 15) is 4.79 Å². The van der Waals surface area contributed by atoms with E-state index in [1.807, 2.05) is 95.8 Å². The van der Waals surface area contributed by atoms with E-state index in [0.717, 1.165) is 17.1 Å². The van der Waals surface area contributed by atoms with Gasteiger partial charge in [0.05, 0.1) is 0 Å². The number of nitrogens with zero attached hydrogens (tertiary/aromatic N) is 1. The fourth-order valence-corrected chi connectivity index (χ4v) is 2.75. The summed E-state index contributed by atoms with van der Waals surface area (Å²) in [4.78, 5) is 12.2. The van der Waals surface area contributed by atoms with Crippen molar-refractivity contribution in [1.29, 1.82) is 0 Å². The third-order valence-electron chi connectivity index (χ3n) is 4.12. The third kappa shape index (κ3) is 4.40. The highest BCUT2D eigenvalue weighted by Crippen LogP contribution is 2.22. The SMILES string of the molecule is O=C(Nc1ccc(Oc2ccccc2)cc1)Nc1ccc(-n2cccc2)cc1. The Morgan fingerprint density at radius 1 is 0.643 bits per heavy atom. The molecule has 0 spiro atoms. The average Bonchev–Trinajstić information content (AvgIpc) is 3.26. The highest BCUT2D eigenvalue weighted by Gasteiger charge is 2.04. The Kier molecular flexibility index (Phi) is 5.06. The van der Waals surface area contributed by atoms with Crippen molar-refractivity contribution in [3.63, 3.8) is 0 Å². The van der Waals surface area contributed by atoms with Gasteiger partial charge in [0.1, 0.15) is 11.5 Å². The molecule has 0 saturated carbocycles. The second-order valence-corrected chi connectivity index (χ2v) is 6.16. The summed E-state index contributed by atoms with van der Waals surface area (Å²) in [6, 6.07) is 28.0. The molecule has 1 heterocycles. The monoisotopic (exact) mass is 369 g/mol. The molecule has 4 aromatic rings. The average molecular weight is 369 g/mol. The van der Waals surface area contributed by atoms with E-state index < -0.39 is 0 Å². The molecule has 3 aromatic carbocycles. The first kappa shape index (κ1) is 17.4. The molecule has 1 aromatic heterocycles. The van der Waals surface area contributed by atoms with Gasteiger partial charge in [0.2, 0.25) is 0 Å². The van der Waals surface area contributed by atoms with Gasteiger partial charge in [-0.2, -0.15) is 0 Å². The predicted octanol–water partition coefficient (Wildman–Crippen LogP) is 5.91. The number of carbonyl (C=O) groups is 1. The number of hydrogen-bond acceptors (Lipinski definition) is 2. The number of anilines is 2. The molecule has 28 heavy (non-hydrogen) atoms. The van der Waals surface area contributed by atoms with Crippen LogP contribution in [-0.4, -0.2) is 10.6 Å². The van der Waals surface area contributed by atoms with Crippen molar-refractivity contribution < 1.29 is 9.53 Å². The van der Waals surface area contributed by atoms with Gasteiger partial charge in [-0.05, 0) is 72.8 Å². The van der Waals surface area contributed by atoms with E-state index in [-0.39, 0.29) is 6.03 Å². The maximum atomic E-state index is 12.2. The van der Waals surface area contributed by atoms with E-state index in [2.05, 4.69) is 10.6 Å². The molecule has 0 aliphatic rings. The molecule has 0 radical (unpaired) electrons. The molecule has 5 heteroatoms. The molecule has 0 saturated heterocycles. The van der Waals surface area contributed by atoms with Crippen LogP contribution in [0.25, 0.3) is 5.69 Å². The zero-order valence-electron chi connectivity index (χ0n) is 15.1. The van der Waals surface area contributed by atoms with Crippen LogP contribution in [0.3, 0.4) is 0 Å². The largest absolute Gasteiger partial charge is 0.457 e. The number of carbonyl (C=O) groups excluding carboxylic acids is 1. The summed E-state index contributed by atoms with van der Waals surface area (Å²) in [5.74, 6) is 1.47. The highest BCUT2D eigenvalue weighted by atomic mass is 16.5. The van der Waals surface area contributed by atoms with Gasteiger partial charge in [0, 0.05) is 29.5 Å². The Morgan fingerprint density at radius 2 is 1.18 bits per heavy atom. The lowest BCUT2D eigenvalue weighted by Crippen LogP contribution is -2.19. The van der Waals surface area contributed by atoms with Crippen LogP contribution in [0.15, 0.2) is 103 Å². The standard InChI is InChI=1S/C23H19N3O2/c27-23(24-18-8-12-20(13-9-18)26-16-4-5-17-26)25-19-10-14-22(15-11-19)28-21-6-2-1-3-7-21/h1-17H,(H2,24,25,27). The smallest absolute Gasteiger partial charge is 0.323 e. The van der Waals surface area contributed by atoms with Crippen LogP contribution in [0.5, 0.6) is 11.5 Å². The van der Waals surface area contributed by atoms with E-state index in [1.165, 1.54) is 0 Å². The second kappa shape index (κ2) is 8.14. The first-order valence-corrected chi connectivity index (χ1v) is 8.91. The van der Waals surface area contributed by atoms with Crippen molar-refractivity contribution >= 4 is 17.4 Å². The first-order valence-electron chi connectivity index (χ1n) is 8.91. The molecule has 4 rings (SSSR count). The van der Waals surface area contributed by atoms with E-state index in [0.29, 0.717) is 11.4 Å². The van der Waals surface area contributed by atoms with Crippen LogP contribution in [0.2, 0.25) is 0 Å². The number of ether oxygens (including phenoxy) is 1. The molecule has 0 unspecified atom stereocenters. The lowest BCUT2D eigenvalue weighted by atomic mass is 10.2. The molecule has 138 valence electrons. The van der Waals surface area contributed by atoms with Gasteiger partial charge in [-0.1, -0.05) is 18.2 Å². The van der Waals surface area contributed by atoms with Gasteiger partial charge in [0.25, 0.3) is 0 Å². The fraction of sp³-hybridized carbons (Fsp3) is 0. The normalized spacial score (nSPS) is 10.3. The molecular formula is C23H19N3O2. The Morgan fingerprint density at radius 3 is 1.79 bits per heavy atom. The molecule has 0 aliphatic carbocycles. The lowest BCUT2D eigenvalue weighted by molar-refractivity contribution is 0.262. The van der Waals surface area contributed by atoms with Gasteiger partial charge in [-0.3, -0.25) is 0 Å². The quantitative estimate of drug-likeness (QED) is 0.459. The summed E-state index contributed by atoms with van der Waals surface area (Å²) in [6.07, 6.45) is 3.95. The van der Waals surface area contributed by atoms with Gasteiger partial charge in [-0.15, -0.1) is 0 Å². The van der Waals surface area contributed by atoms with Crippen molar-refractivity contribution in [1.82, 2.24) is 4.57 Å². The Labute approximate surface area is 163 Å². The van der Waals surface area contributed by atoms with Crippen molar-refractivity contribution in [2.24, 2.45) is 0 Å². The molecule has 2 amide bonds. The van der Waals surface area contributed by atoms with Crippen LogP contribution >= 0.6 is 0 Å². The number of rotatable bonds is 5. The third-order valence-corrected chi connectivity index (χ3v) is 4.12. The second-order valence-electron chi connectivity index (χ2n) is 6.16. The van der Waals surface area contributed by atoms with Gasteiger partial charge < -0.3 is 19.9 Å². The number of benzene rings is 3. The first-order chi connectivity index (χ1) is 13.8. The number of hydrogen-bond donors (Lipinski definition) is 2. The summed E-state index contributed by atoms with van der Waals surface area (Å²) < 4.78 is 7.75. The minimum Gasteiger partial charge on any atom is -0.457 e. The van der Waals surface area contributed by atoms with Crippen LogP contribution < -0.4 is 15.4 Å². The topological polar surface area (TPSA) is 55.3 Å². The van der Waals surface area contributed by atoms with Crippen LogP contribution in [0, 0.1) is 0 Å². The highest BCUT2D eigenvalue weighted by molar-refractivity contribution is 5.99. The maximum Gasteiger partial charge on any atom is 0.323 e. The van der Waals surface area contributed by atoms with Gasteiger partial charge in [-0.25, -0.2) is 4.79 Å². The zero-order chi connectivity index (χ0) is 19.2. The molecule has 2 N–H and O–H groups in total. The van der Waals surface area contributed by atoms with Crippen LogP contribution in [0.4, 0.5) is 16.2 Å². The fourth-order valence-electron chi connectivity index (χ4n) is 2.75. The van der Waals surface area contributed by atoms with Crippen molar-refractivity contribution in [3.8, 4) is 17.2 Å². The Balaban J connectivity index is 1.33. The minimum absolute atomic E-state index is 0.301. The number of amides is 2. The molecule has 0 bridgehead atoms.